The average Bonchev–Trinajstić information content (AvgIpc) is 2.33. The summed E-state index contributed by atoms with van der Waals surface area (Å²) in [4.78, 5) is 2.35. The molecule has 94 valence electrons. The maximum Gasteiger partial charge on any atom is 0.138 e. The quantitative estimate of drug-likeness (QED) is 0.825. The highest BCUT2D eigenvalue weighted by molar-refractivity contribution is 6.32. The first kappa shape index (κ1) is 12.7. The Hall–Kier alpha value is -0.770. The van der Waals surface area contributed by atoms with Crippen molar-refractivity contribution in [1.82, 2.24) is 4.90 Å². The van der Waals surface area contributed by atoms with E-state index in [0.29, 0.717) is 5.02 Å². The molecule has 1 atom stereocenters. The summed E-state index contributed by atoms with van der Waals surface area (Å²) in [6, 6.07) is 7.58. The maximum absolute atomic E-state index is 6.05. The first-order valence-corrected chi connectivity index (χ1v) is 6.35. The molecule has 1 aliphatic rings. The van der Waals surface area contributed by atoms with Crippen LogP contribution in [0.3, 0.4) is 0 Å². The molecule has 3 nitrogen and oxygen atoms in total. The van der Waals surface area contributed by atoms with Crippen molar-refractivity contribution in [3.8, 4) is 5.75 Å². The maximum atomic E-state index is 6.05. The van der Waals surface area contributed by atoms with E-state index in [0.717, 1.165) is 38.6 Å². The highest BCUT2D eigenvalue weighted by Gasteiger charge is 2.15. The van der Waals surface area contributed by atoms with Gasteiger partial charge in [-0.25, -0.2) is 0 Å². The number of halogens is 1. The summed E-state index contributed by atoms with van der Waals surface area (Å²) in [6.07, 6.45) is 0.132. The van der Waals surface area contributed by atoms with Gasteiger partial charge in [-0.2, -0.15) is 0 Å². The molecule has 2 rings (SSSR count). The van der Waals surface area contributed by atoms with Crippen LogP contribution in [0.4, 0.5) is 0 Å². The van der Waals surface area contributed by atoms with E-state index < -0.39 is 0 Å². The molecule has 0 radical (unpaired) electrons. The molecule has 0 amide bonds. The van der Waals surface area contributed by atoms with Crippen molar-refractivity contribution in [3.05, 3.63) is 29.3 Å². The van der Waals surface area contributed by atoms with E-state index in [9.17, 15) is 0 Å². The van der Waals surface area contributed by atoms with Gasteiger partial charge in [-0.1, -0.05) is 23.7 Å². The zero-order chi connectivity index (χ0) is 12.1. The van der Waals surface area contributed by atoms with Crippen LogP contribution in [0.25, 0.3) is 0 Å². The normalized spacial score (nSPS) is 18.9. The van der Waals surface area contributed by atoms with Crippen LogP contribution in [0.2, 0.25) is 5.02 Å². The fourth-order valence-electron chi connectivity index (χ4n) is 1.94. The van der Waals surface area contributed by atoms with Crippen LogP contribution in [0.15, 0.2) is 24.3 Å². The predicted molar refractivity (Wildman–Crippen MR) is 68.8 cm³/mol. The van der Waals surface area contributed by atoms with E-state index in [2.05, 4.69) is 11.8 Å². The third-order valence-corrected chi connectivity index (χ3v) is 3.10. The van der Waals surface area contributed by atoms with Crippen LogP contribution in [0, 0.1) is 0 Å². The first-order valence-electron chi connectivity index (χ1n) is 5.97. The van der Waals surface area contributed by atoms with Crippen molar-refractivity contribution in [2.45, 2.75) is 13.0 Å². The van der Waals surface area contributed by atoms with Gasteiger partial charge in [0.2, 0.25) is 0 Å². The fourth-order valence-corrected chi connectivity index (χ4v) is 2.12. The summed E-state index contributed by atoms with van der Waals surface area (Å²) in [5.74, 6) is 0.759. The van der Waals surface area contributed by atoms with Crippen molar-refractivity contribution in [1.29, 1.82) is 0 Å². The van der Waals surface area contributed by atoms with E-state index in [1.54, 1.807) is 0 Å². The third-order valence-electron chi connectivity index (χ3n) is 2.78. The smallest absolute Gasteiger partial charge is 0.138 e. The molecular formula is C13H18ClNO2. The number of hydrogen-bond acceptors (Lipinski definition) is 3. The van der Waals surface area contributed by atoms with Gasteiger partial charge >= 0.3 is 0 Å². The molecule has 1 aliphatic heterocycles. The summed E-state index contributed by atoms with van der Waals surface area (Å²) in [7, 11) is 0. The van der Waals surface area contributed by atoms with Crippen molar-refractivity contribution in [2.24, 2.45) is 0 Å². The van der Waals surface area contributed by atoms with Gasteiger partial charge in [0.1, 0.15) is 11.9 Å². The standard InChI is InChI=1S/C13H18ClNO2/c1-11(10-15-6-8-16-9-7-15)17-13-5-3-2-4-12(13)14/h2-5,11H,6-10H2,1H3/t11-/m1/s1. The Balaban J connectivity index is 1.84. The van der Waals surface area contributed by atoms with Gasteiger partial charge in [-0.3, -0.25) is 4.90 Å². The number of morpholine rings is 1. The Kier molecular flexibility index (Phi) is 4.66. The number of nitrogens with zero attached hydrogens (tertiary/aromatic N) is 1. The Labute approximate surface area is 107 Å². The second-order valence-electron chi connectivity index (χ2n) is 4.27. The molecule has 0 aliphatic carbocycles. The van der Waals surface area contributed by atoms with Gasteiger partial charge in [0.05, 0.1) is 18.2 Å². The van der Waals surface area contributed by atoms with Gasteiger partial charge in [-0.05, 0) is 19.1 Å². The molecule has 0 spiro atoms. The van der Waals surface area contributed by atoms with Crippen molar-refractivity contribution in [2.75, 3.05) is 32.8 Å². The monoisotopic (exact) mass is 255 g/mol. The molecule has 0 unspecified atom stereocenters. The summed E-state index contributed by atoms with van der Waals surface area (Å²) in [6.45, 7) is 6.58. The van der Waals surface area contributed by atoms with Gasteiger partial charge in [-0.15, -0.1) is 0 Å². The molecule has 0 aromatic heterocycles. The average molecular weight is 256 g/mol. The molecule has 0 N–H and O–H groups in total. The fraction of sp³-hybridized carbons (Fsp3) is 0.538. The van der Waals surface area contributed by atoms with E-state index in [4.69, 9.17) is 21.1 Å². The molecular weight excluding hydrogens is 238 g/mol. The van der Waals surface area contributed by atoms with Crippen LogP contribution < -0.4 is 4.74 Å². The lowest BCUT2D eigenvalue weighted by atomic mass is 10.3. The molecule has 1 aromatic carbocycles. The molecule has 1 heterocycles. The highest BCUT2D eigenvalue weighted by atomic mass is 35.5. The minimum absolute atomic E-state index is 0.132. The molecule has 0 saturated carbocycles. The van der Waals surface area contributed by atoms with Crippen molar-refractivity contribution >= 4 is 11.6 Å². The minimum Gasteiger partial charge on any atom is -0.488 e. The summed E-state index contributed by atoms with van der Waals surface area (Å²) >= 11 is 6.05. The van der Waals surface area contributed by atoms with Crippen molar-refractivity contribution in [3.63, 3.8) is 0 Å². The largest absolute Gasteiger partial charge is 0.488 e. The Morgan fingerprint density at radius 1 is 1.35 bits per heavy atom. The number of benzene rings is 1. The number of rotatable bonds is 4. The lowest BCUT2D eigenvalue weighted by Gasteiger charge is -2.29. The molecule has 17 heavy (non-hydrogen) atoms. The highest BCUT2D eigenvalue weighted by Crippen LogP contribution is 2.24. The Morgan fingerprint density at radius 3 is 2.76 bits per heavy atom. The molecule has 1 saturated heterocycles. The lowest BCUT2D eigenvalue weighted by Crippen LogP contribution is -2.41. The zero-order valence-electron chi connectivity index (χ0n) is 10.1. The molecule has 4 heteroatoms. The lowest BCUT2D eigenvalue weighted by molar-refractivity contribution is 0.0219. The summed E-state index contributed by atoms with van der Waals surface area (Å²) in [5, 5.41) is 0.668. The zero-order valence-corrected chi connectivity index (χ0v) is 10.8. The molecule has 0 bridgehead atoms. The molecule has 1 fully saturated rings. The van der Waals surface area contributed by atoms with Gasteiger partial charge in [0.25, 0.3) is 0 Å². The number of ether oxygens (including phenoxy) is 2. The van der Waals surface area contributed by atoms with E-state index in [1.165, 1.54) is 0 Å². The van der Waals surface area contributed by atoms with Crippen LogP contribution in [-0.2, 0) is 4.74 Å². The van der Waals surface area contributed by atoms with Gasteiger partial charge < -0.3 is 9.47 Å². The first-order chi connectivity index (χ1) is 8.25. The number of hydrogen-bond donors (Lipinski definition) is 0. The van der Waals surface area contributed by atoms with Crippen molar-refractivity contribution < 1.29 is 9.47 Å². The summed E-state index contributed by atoms with van der Waals surface area (Å²) < 4.78 is 11.1. The topological polar surface area (TPSA) is 21.7 Å². The predicted octanol–water partition coefficient (Wildman–Crippen LogP) is 2.44. The van der Waals surface area contributed by atoms with Crippen LogP contribution in [0.5, 0.6) is 5.75 Å². The van der Waals surface area contributed by atoms with E-state index in [1.807, 2.05) is 24.3 Å². The van der Waals surface area contributed by atoms with E-state index in [-0.39, 0.29) is 6.10 Å². The second kappa shape index (κ2) is 6.24. The second-order valence-corrected chi connectivity index (χ2v) is 4.68. The number of para-hydroxylation sites is 1. The minimum atomic E-state index is 0.132. The van der Waals surface area contributed by atoms with Crippen LogP contribution >= 0.6 is 11.6 Å². The van der Waals surface area contributed by atoms with E-state index >= 15 is 0 Å². The van der Waals surface area contributed by atoms with Crippen LogP contribution in [0.1, 0.15) is 6.92 Å². The van der Waals surface area contributed by atoms with Crippen LogP contribution in [-0.4, -0.2) is 43.9 Å². The third kappa shape index (κ3) is 3.87. The van der Waals surface area contributed by atoms with Gasteiger partial charge in [0.15, 0.2) is 0 Å². The molecule has 1 aromatic rings. The summed E-state index contributed by atoms with van der Waals surface area (Å²) in [5.41, 5.74) is 0. The van der Waals surface area contributed by atoms with Gasteiger partial charge in [0, 0.05) is 19.6 Å². The SMILES string of the molecule is C[C@H](CN1CCOCC1)Oc1ccccc1Cl. The Bertz CT molecular complexity index is 353. The Morgan fingerprint density at radius 2 is 2.06 bits per heavy atom.